The summed E-state index contributed by atoms with van der Waals surface area (Å²) in [6.45, 7) is 2.32. The van der Waals surface area contributed by atoms with Gasteiger partial charge in [0.1, 0.15) is 0 Å². The van der Waals surface area contributed by atoms with E-state index in [1.807, 2.05) is 37.3 Å². The first-order valence-electron chi connectivity index (χ1n) is 7.61. The molecule has 1 unspecified atom stereocenters. The first-order chi connectivity index (χ1) is 11.4. The van der Waals surface area contributed by atoms with Gasteiger partial charge < -0.3 is 4.74 Å². The van der Waals surface area contributed by atoms with E-state index < -0.39 is 16.0 Å². The molecule has 0 amide bonds. The van der Waals surface area contributed by atoms with E-state index in [0.29, 0.717) is 17.7 Å². The highest BCUT2D eigenvalue weighted by Crippen LogP contribution is 2.14. The zero-order chi connectivity index (χ0) is 17.6. The molecule has 2 aromatic carbocycles. The highest BCUT2D eigenvalue weighted by molar-refractivity contribution is 7.88. The lowest BCUT2D eigenvalue weighted by Gasteiger charge is -2.13. The Balaban J connectivity index is 1.95. The normalized spacial score (nSPS) is 12.6. The van der Waals surface area contributed by atoms with Crippen molar-refractivity contribution in [1.29, 1.82) is 0 Å². The van der Waals surface area contributed by atoms with Gasteiger partial charge >= 0.3 is 5.97 Å². The minimum absolute atomic E-state index is 0.0858. The smallest absolute Gasteiger partial charge is 0.337 e. The first kappa shape index (κ1) is 18.2. The fraction of sp³-hybridized carbons (Fsp3) is 0.278. The molecule has 5 nitrogen and oxygen atoms in total. The minimum Gasteiger partial charge on any atom is -0.465 e. The second kappa shape index (κ2) is 8.08. The molecule has 0 heterocycles. The lowest BCUT2D eigenvalue weighted by atomic mass is 10.0. The number of esters is 1. The van der Waals surface area contributed by atoms with Gasteiger partial charge in [-0.15, -0.1) is 0 Å². The Labute approximate surface area is 142 Å². The number of rotatable bonds is 7. The van der Waals surface area contributed by atoms with Gasteiger partial charge in [0.05, 0.1) is 18.4 Å². The zero-order valence-corrected chi connectivity index (χ0v) is 14.5. The monoisotopic (exact) mass is 347 g/mol. The van der Waals surface area contributed by atoms with Gasteiger partial charge in [-0.2, -0.15) is 0 Å². The lowest BCUT2D eigenvalue weighted by Crippen LogP contribution is -2.28. The fourth-order valence-electron chi connectivity index (χ4n) is 2.28. The van der Waals surface area contributed by atoms with Crippen LogP contribution in [0.1, 0.15) is 34.3 Å². The van der Waals surface area contributed by atoms with Crippen molar-refractivity contribution in [2.24, 2.45) is 0 Å². The average molecular weight is 347 g/mol. The van der Waals surface area contributed by atoms with E-state index in [1.165, 1.54) is 7.11 Å². The van der Waals surface area contributed by atoms with Gasteiger partial charge in [0.15, 0.2) is 0 Å². The number of sulfonamides is 1. The molecule has 2 rings (SSSR count). The van der Waals surface area contributed by atoms with Crippen LogP contribution in [0.25, 0.3) is 0 Å². The molecule has 0 saturated heterocycles. The molecule has 0 aliphatic rings. The van der Waals surface area contributed by atoms with Crippen molar-refractivity contribution in [3.05, 3.63) is 71.3 Å². The molecule has 0 radical (unpaired) electrons. The SMILES string of the molecule is COC(=O)c1ccc(CS(=O)(=O)NCC(C)c2ccccc2)cc1. The Morgan fingerprint density at radius 3 is 2.29 bits per heavy atom. The molecule has 0 saturated carbocycles. The maximum Gasteiger partial charge on any atom is 0.337 e. The lowest BCUT2D eigenvalue weighted by molar-refractivity contribution is 0.0600. The van der Waals surface area contributed by atoms with Crippen molar-refractivity contribution in [3.8, 4) is 0 Å². The molecule has 128 valence electrons. The second-order valence-corrected chi connectivity index (χ2v) is 7.41. The average Bonchev–Trinajstić information content (AvgIpc) is 2.60. The Morgan fingerprint density at radius 2 is 1.71 bits per heavy atom. The van der Waals surface area contributed by atoms with Crippen LogP contribution in [0.3, 0.4) is 0 Å². The van der Waals surface area contributed by atoms with Crippen LogP contribution < -0.4 is 4.72 Å². The van der Waals surface area contributed by atoms with Gasteiger partial charge in [0.25, 0.3) is 0 Å². The van der Waals surface area contributed by atoms with E-state index in [2.05, 4.69) is 9.46 Å². The standard InChI is InChI=1S/C18H21NO4S/c1-14(16-6-4-3-5-7-16)12-19-24(21,22)13-15-8-10-17(11-9-15)18(20)23-2/h3-11,14,19H,12-13H2,1-2H3. The molecule has 0 spiro atoms. The van der Waals surface area contributed by atoms with Gasteiger partial charge in [0.2, 0.25) is 10.0 Å². The van der Waals surface area contributed by atoms with Crippen molar-refractivity contribution < 1.29 is 17.9 Å². The van der Waals surface area contributed by atoms with E-state index in [1.54, 1.807) is 24.3 Å². The Hall–Kier alpha value is -2.18. The van der Waals surface area contributed by atoms with Gasteiger partial charge in [-0.1, -0.05) is 49.4 Å². The van der Waals surface area contributed by atoms with Crippen LogP contribution in [-0.4, -0.2) is 28.0 Å². The zero-order valence-electron chi connectivity index (χ0n) is 13.7. The second-order valence-electron chi connectivity index (χ2n) is 5.61. The maximum absolute atomic E-state index is 12.2. The number of hydrogen-bond acceptors (Lipinski definition) is 4. The predicted octanol–water partition coefficient (Wildman–Crippen LogP) is 2.70. The molecule has 0 aliphatic carbocycles. The summed E-state index contributed by atoms with van der Waals surface area (Å²) < 4.78 is 31.7. The van der Waals surface area contributed by atoms with Crippen LogP contribution in [-0.2, 0) is 20.5 Å². The third-order valence-electron chi connectivity index (χ3n) is 3.71. The molecule has 0 bridgehead atoms. The third-order valence-corrected chi connectivity index (χ3v) is 5.03. The number of carbonyl (C=O) groups is 1. The molecule has 2 aromatic rings. The van der Waals surface area contributed by atoms with Crippen LogP contribution >= 0.6 is 0 Å². The van der Waals surface area contributed by atoms with E-state index in [9.17, 15) is 13.2 Å². The molecule has 1 atom stereocenters. The quantitative estimate of drug-likeness (QED) is 0.782. The van der Waals surface area contributed by atoms with Crippen LogP contribution in [0.15, 0.2) is 54.6 Å². The largest absolute Gasteiger partial charge is 0.465 e. The molecular formula is C18H21NO4S. The van der Waals surface area contributed by atoms with Crippen molar-refractivity contribution >= 4 is 16.0 Å². The third kappa shape index (κ3) is 5.18. The summed E-state index contributed by atoms with van der Waals surface area (Å²) in [5.74, 6) is -0.488. The van der Waals surface area contributed by atoms with E-state index in [-0.39, 0.29) is 11.7 Å². The van der Waals surface area contributed by atoms with Crippen molar-refractivity contribution in [1.82, 2.24) is 4.72 Å². The highest BCUT2D eigenvalue weighted by Gasteiger charge is 2.14. The molecule has 6 heteroatoms. The Kier molecular flexibility index (Phi) is 6.11. The fourth-order valence-corrected chi connectivity index (χ4v) is 3.51. The summed E-state index contributed by atoms with van der Waals surface area (Å²) in [6, 6.07) is 16.1. The van der Waals surface area contributed by atoms with Crippen LogP contribution in [0, 0.1) is 0 Å². The summed E-state index contributed by atoms with van der Waals surface area (Å²) in [4.78, 5) is 11.4. The number of ether oxygens (including phenoxy) is 1. The molecule has 1 N–H and O–H groups in total. The maximum atomic E-state index is 12.2. The number of benzene rings is 2. The van der Waals surface area contributed by atoms with E-state index >= 15 is 0 Å². The molecular weight excluding hydrogens is 326 g/mol. The van der Waals surface area contributed by atoms with Crippen molar-refractivity contribution in [2.45, 2.75) is 18.6 Å². The van der Waals surface area contributed by atoms with Crippen molar-refractivity contribution in [3.63, 3.8) is 0 Å². The Morgan fingerprint density at radius 1 is 1.08 bits per heavy atom. The van der Waals surface area contributed by atoms with Crippen LogP contribution in [0.2, 0.25) is 0 Å². The highest BCUT2D eigenvalue weighted by atomic mass is 32.2. The van der Waals surface area contributed by atoms with Crippen LogP contribution in [0.4, 0.5) is 0 Å². The topological polar surface area (TPSA) is 72.5 Å². The summed E-state index contributed by atoms with van der Waals surface area (Å²) in [5, 5.41) is 0. The van der Waals surface area contributed by atoms with E-state index in [0.717, 1.165) is 5.56 Å². The van der Waals surface area contributed by atoms with Gasteiger partial charge in [0, 0.05) is 6.54 Å². The van der Waals surface area contributed by atoms with Crippen molar-refractivity contribution in [2.75, 3.05) is 13.7 Å². The summed E-state index contributed by atoms with van der Waals surface area (Å²) in [7, 11) is -2.14. The summed E-state index contributed by atoms with van der Waals surface area (Å²) >= 11 is 0. The number of carbonyl (C=O) groups excluding carboxylic acids is 1. The molecule has 0 fully saturated rings. The van der Waals surface area contributed by atoms with Crippen LogP contribution in [0.5, 0.6) is 0 Å². The number of hydrogen-bond donors (Lipinski definition) is 1. The van der Waals surface area contributed by atoms with Gasteiger partial charge in [-0.05, 0) is 29.2 Å². The molecule has 0 aliphatic heterocycles. The summed E-state index contributed by atoms with van der Waals surface area (Å²) in [5.41, 5.74) is 2.09. The molecule has 24 heavy (non-hydrogen) atoms. The van der Waals surface area contributed by atoms with Gasteiger partial charge in [-0.25, -0.2) is 17.9 Å². The first-order valence-corrected chi connectivity index (χ1v) is 9.26. The summed E-state index contributed by atoms with van der Waals surface area (Å²) in [6.07, 6.45) is 0. The minimum atomic E-state index is -3.44. The van der Waals surface area contributed by atoms with Gasteiger partial charge in [-0.3, -0.25) is 0 Å². The number of methoxy groups -OCH3 is 1. The Bertz CT molecular complexity index is 770. The number of nitrogens with one attached hydrogen (secondary N) is 1. The predicted molar refractivity (Wildman–Crippen MR) is 93.3 cm³/mol. The molecule has 0 aromatic heterocycles. The van der Waals surface area contributed by atoms with E-state index in [4.69, 9.17) is 0 Å².